The third kappa shape index (κ3) is 5.16. The Morgan fingerprint density at radius 3 is 2.62 bits per heavy atom. The number of nitrogens with one attached hydrogen (secondary N) is 2. The molecule has 1 amide bonds. The van der Waals surface area contributed by atoms with Crippen molar-refractivity contribution < 1.29 is 18.0 Å². The van der Waals surface area contributed by atoms with Crippen molar-refractivity contribution in [3.8, 4) is 0 Å². The summed E-state index contributed by atoms with van der Waals surface area (Å²) in [6.07, 6.45) is 1.43. The second kappa shape index (κ2) is 7.47. The van der Waals surface area contributed by atoms with Gasteiger partial charge in [-0.1, -0.05) is 12.8 Å². The Labute approximate surface area is 124 Å². The van der Waals surface area contributed by atoms with Crippen LogP contribution in [0.3, 0.4) is 0 Å². The Morgan fingerprint density at radius 1 is 1.14 bits per heavy atom. The number of carbonyl (C=O) groups excluding carboxylic acids is 1. The standard InChI is InChI=1S/C15H25F3N2O/c16-15(17,18)12-5-3-4-11(10-12)14(21)20-9-7-13-6-1-2-8-19-13/h11-13,19H,1-10H2,(H,20,21). The second-order valence-electron chi connectivity index (χ2n) is 6.33. The topological polar surface area (TPSA) is 41.1 Å². The molecule has 1 saturated heterocycles. The summed E-state index contributed by atoms with van der Waals surface area (Å²) in [5.74, 6) is -1.97. The Bertz CT molecular complexity index is 340. The quantitative estimate of drug-likeness (QED) is 0.838. The smallest absolute Gasteiger partial charge is 0.356 e. The van der Waals surface area contributed by atoms with Crippen molar-refractivity contribution in [3.63, 3.8) is 0 Å². The minimum absolute atomic E-state index is 0.0446. The average Bonchev–Trinajstić information content (AvgIpc) is 2.47. The molecule has 0 radical (unpaired) electrons. The van der Waals surface area contributed by atoms with Crippen LogP contribution in [0.25, 0.3) is 0 Å². The lowest BCUT2D eigenvalue weighted by molar-refractivity contribution is -0.186. The maximum absolute atomic E-state index is 12.7. The average molecular weight is 306 g/mol. The number of alkyl halides is 3. The molecule has 1 aliphatic heterocycles. The summed E-state index contributed by atoms with van der Waals surface area (Å²) in [5, 5.41) is 6.22. The molecule has 1 heterocycles. The van der Waals surface area contributed by atoms with E-state index >= 15 is 0 Å². The van der Waals surface area contributed by atoms with E-state index in [0.717, 1.165) is 19.4 Å². The lowest BCUT2D eigenvalue weighted by Gasteiger charge is -2.30. The Hall–Kier alpha value is -0.780. The first-order valence-corrected chi connectivity index (χ1v) is 8.04. The van der Waals surface area contributed by atoms with E-state index in [9.17, 15) is 18.0 Å². The summed E-state index contributed by atoms with van der Waals surface area (Å²) in [6, 6.07) is 0.438. The largest absolute Gasteiger partial charge is 0.391 e. The number of amides is 1. The minimum Gasteiger partial charge on any atom is -0.356 e. The summed E-state index contributed by atoms with van der Waals surface area (Å²) < 4.78 is 38.2. The normalized spacial score (nSPS) is 30.9. The fraction of sp³-hybridized carbons (Fsp3) is 0.933. The van der Waals surface area contributed by atoms with E-state index < -0.39 is 18.0 Å². The molecular formula is C15H25F3N2O. The molecule has 2 rings (SSSR count). The van der Waals surface area contributed by atoms with E-state index in [4.69, 9.17) is 0 Å². The highest BCUT2D eigenvalue weighted by atomic mass is 19.4. The molecule has 0 spiro atoms. The SMILES string of the molecule is O=C(NCCC1CCCCN1)C1CCCC(C(F)(F)F)C1. The van der Waals surface area contributed by atoms with Crippen LogP contribution in [0, 0.1) is 11.8 Å². The van der Waals surface area contributed by atoms with E-state index in [2.05, 4.69) is 10.6 Å². The van der Waals surface area contributed by atoms with Crippen molar-refractivity contribution >= 4 is 5.91 Å². The molecule has 0 aromatic heterocycles. The van der Waals surface area contributed by atoms with Crippen LogP contribution in [0.5, 0.6) is 0 Å². The number of piperidine rings is 1. The monoisotopic (exact) mass is 306 g/mol. The van der Waals surface area contributed by atoms with Gasteiger partial charge < -0.3 is 10.6 Å². The molecule has 2 N–H and O–H groups in total. The van der Waals surface area contributed by atoms with Crippen molar-refractivity contribution in [2.45, 2.75) is 63.6 Å². The van der Waals surface area contributed by atoms with Crippen LogP contribution in [0.1, 0.15) is 51.4 Å². The van der Waals surface area contributed by atoms with Crippen LogP contribution < -0.4 is 10.6 Å². The molecule has 0 aromatic rings. The van der Waals surface area contributed by atoms with Crippen molar-refractivity contribution in [2.75, 3.05) is 13.1 Å². The minimum atomic E-state index is -4.16. The van der Waals surface area contributed by atoms with Gasteiger partial charge in [-0.2, -0.15) is 13.2 Å². The third-order valence-electron chi connectivity index (χ3n) is 4.71. The molecule has 3 unspecified atom stereocenters. The number of rotatable bonds is 4. The molecule has 1 aliphatic carbocycles. The van der Waals surface area contributed by atoms with Crippen molar-refractivity contribution in [2.24, 2.45) is 11.8 Å². The molecule has 2 fully saturated rings. The first kappa shape index (κ1) is 16.6. The summed E-state index contributed by atoms with van der Waals surface area (Å²) >= 11 is 0. The summed E-state index contributed by atoms with van der Waals surface area (Å²) in [6.45, 7) is 1.58. The summed E-state index contributed by atoms with van der Waals surface area (Å²) in [4.78, 5) is 12.0. The van der Waals surface area contributed by atoms with E-state index in [0.29, 0.717) is 25.4 Å². The van der Waals surface area contributed by atoms with Gasteiger partial charge in [0.2, 0.25) is 5.91 Å². The van der Waals surface area contributed by atoms with Crippen LogP contribution in [-0.2, 0) is 4.79 Å². The lowest BCUT2D eigenvalue weighted by Crippen LogP contribution is -2.40. The molecule has 2 aliphatic rings. The van der Waals surface area contributed by atoms with Gasteiger partial charge in [0.1, 0.15) is 0 Å². The van der Waals surface area contributed by atoms with E-state index in [1.807, 2.05) is 0 Å². The van der Waals surface area contributed by atoms with E-state index in [1.54, 1.807) is 0 Å². The van der Waals surface area contributed by atoms with Crippen molar-refractivity contribution in [3.05, 3.63) is 0 Å². The van der Waals surface area contributed by atoms with Gasteiger partial charge in [-0.15, -0.1) is 0 Å². The second-order valence-corrected chi connectivity index (χ2v) is 6.33. The van der Waals surface area contributed by atoms with Gasteiger partial charge in [0.05, 0.1) is 5.92 Å². The molecule has 1 saturated carbocycles. The van der Waals surface area contributed by atoms with Crippen LogP contribution in [0.15, 0.2) is 0 Å². The first-order valence-electron chi connectivity index (χ1n) is 8.04. The van der Waals surface area contributed by atoms with Crippen LogP contribution >= 0.6 is 0 Å². The highest BCUT2D eigenvalue weighted by molar-refractivity contribution is 5.78. The predicted octanol–water partition coefficient (Wildman–Crippen LogP) is 3.00. The van der Waals surface area contributed by atoms with Gasteiger partial charge in [0.15, 0.2) is 0 Å². The van der Waals surface area contributed by atoms with Gasteiger partial charge in [-0.3, -0.25) is 4.79 Å². The Kier molecular flexibility index (Phi) is 5.90. The van der Waals surface area contributed by atoms with Crippen molar-refractivity contribution in [1.82, 2.24) is 10.6 Å². The molecule has 3 atom stereocenters. The van der Waals surface area contributed by atoms with Gasteiger partial charge >= 0.3 is 6.18 Å². The van der Waals surface area contributed by atoms with E-state index in [1.165, 1.54) is 12.8 Å². The molecular weight excluding hydrogens is 281 g/mol. The highest BCUT2D eigenvalue weighted by Gasteiger charge is 2.43. The van der Waals surface area contributed by atoms with Gasteiger partial charge in [-0.05, 0) is 45.1 Å². The molecule has 122 valence electrons. The maximum Gasteiger partial charge on any atom is 0.391 e. The summed E-state index contributed by atoms with van der Waals surface area (Å²) in [7, 11) is 0. The Morgan fingerprint density at radius 2 is 1.95 bits per heavy atom. The zero-order valence-electron chi connectivity index (χ0n) is 12.3. The zero-order valence-corrected chi connectivity index (χ0v) is 12.3. The lowest BCUT2D eigenvalue weighted by atomic mass is 9.80. The fourth-order valence-corrected chi connectivity index (χ4v) is 3.41. The van der Waals surface area contributed by atoms with Gasteiger partial charge in [0, 0.05) is 18.5 Å². The summed E-state index contributed by atoms with van der Waals surface area (Å²) in [5.41, 5.74) is 0. The molecule has 0 aromatic carbocycles. The number of hydrogen-bond acceptors (Lipinski definition) is 2. The van der Waals surface area contributed by atoms with Crippen LogP contribution in [0.2, 0.25) is 0 Å². The first-order chi connectivity index (χ1) is 9.97. The van der Waals surface area contributed by atoms with Gasteiger partial charge in [0.25, 0.3) is 0 Å². The molecule has 6 heteroatoms. The van der Waals surface area contributed by atoms with E-state index in [-0.39, 0.29) is 18.7 Å². The Balaban J connectivity index is 1.70. The molecule has 3 nitrogen and oxygen atoms in total. The number of carbonyl (C=O) groups is 1. The highest BCUT2D eigenvalue weighted by Crippen LogP contribution is 2.39. The van der Waals surface area contributed by atoms with Crippen LogP contribution in [-0.4, -0.2) is 31.2 Å². The zero-order chi connectivity index (χ0) is 15.3. The van der Waals surface area contributed by atoms with Crippen LogP contribution in [0.4, 0.5) is 13.2 Å². The number of hydrogen-bond donors (Lipinski definition) is 2. The fourth-order valence-electron chi connectivity index (χ4n) is 3.41. The predicted molar refractivity (Wildman–Crippen MR) is 74.8 cm³/mol. The molecule has 0 bridgehead atoms. The van der Waals surface area contributed by atoms with Gasteiger partial charge in [-0.25, -0.2) is 0 Å². The number of halogens is 3. The van der Waals surface area contributed by atoms with Crippen molar-refractivity contribution in [1.29, 1.82) is 0 Å². The molecule has 21 heavy (non-hydrogen) atoms. The third-order valence-corrected chi connectivity index (χ3v) is 4.71. The maximum atomic E-state index is 12.7.